The first-order valence-electron chi connectivity index (χ1n) is 3.04. The Hall–Kier alpha value is -0.370. The summed E-state index contributed by atoms with van der Waals surface area (Å²) >= 11 is 4.93. The maximum absolute atomic E-state index is 5.10. The second-order valence-electron chi connectivity index (χ2n) is 2.36. The molecule has 0 aromatic carbocycles. The lowest BCUT2D eigenvalue weighted by Crippen LogP contribution is -2.04. The number of hydrogen-bond donors (Lipinski definition) is 0. The SMILES string of the molecule is C=C(C)C1CCOC1=S. The first-order chi connectivity index (χ1) is 4.22. The van der Waals surface area contributed by atoms with Crippen molar-refractivity contribution in [2.75, 3.05) is 6.61 Å². The predicted octanol–water partition coefficient (Wildman–Crippen LogP) is 1.93. The average Bonchev–Trinajstić information content (AvgIpc) is 2.13. The van der Waals surface area contributed by atoms with Crippen LogP contribution in [0.2, 0.25) is 0 Å². The zero-order chi connectivity index (χ0) is 6.85. The van der Waals surface area contributed by atoms with Gasteiger partial charge in [-0.15, -0.1) is 0 Å². The van der Waals surface area contributed by atoms with Crippen molar-refractivity contribution >= 4 is 17.3 Å². The fraction of sp³-hybridized carbons (Fsp3) is 0.571. The molecule has 0 bridgehead atoms. The third kappa shape index (κ3) is 1.30. The molecule has 1 saturated heterocycles. The average molecular weight is 142 g/mol. The van der Waals surface area contributed by atoms with E-state index in [2.05, 4.69) is 6.58 Å². The largest absolute Gasteiger partial charge is 0.486 e. The summed E-state index contributed by atoms with van der Waals surface area (Å²) in [6, 6.07) is 0. The van der Waals surface area contributed by atoms with Gasteiger partial charge in [0, 0.05) is 0 Å². The predicted molar refractivity (Wildman–Crippen MR) is 41.5 cm³/mol. The van der Waals surface area contributed by atoms with E-state index in [4.69, 9.17) is 17.0 Å². The smallest absolute Gasteiger partial charge is 0.166 e. The minimum Gasteiger partial charge on any atom is -0.486 e. The summed E-state index contributed by atoms with van der Waals surface area (Å²) in [5.74, 6) is 0.347. The van der Waals surface area contributed by atoms with Gasteiger partial charge >= 0.3 is 0 Å². The molecule has 1 rings (SSSR count). The second-order valence-corrected chi connectivity index (χ2v) is 2.76. The van der Waals surface area contributed by atoms with Crippen molar-refractivity contribution in [1.82, 2.24) is 0 Å². The molecule has 1 fully saturated rings. The molecule has 0 aliphatic carbocycles. The Labute approximate surface area is 60.7 Å². The molecule has 9 heavy (non-hydrogen) atoms. The Kier molecular flexibility index (Phi) is 1.86. The highest BCUT2D eigenvalue weighted by atomic mass is 32.1. The van der Waals surface area contributed by atoms with E-state index in [1.54, 1.807) is 0 Å². The number of thiocarbonyl (C=S) groups is 1. The van der Waals surface area contributed by atoms with Gasteiger partial charge in [0.05, 0.1) is 12.5 Å². The van der Waals surface area contributed by atoms with Crippen molar-refractivity contribution in [3.05, 3.63) is 12.2 Å². The van der Waals surface area contributed by atoms with Gasteiger partial charge in [-0.3, -0.25) is 0 Å². The van der Waals surface area contributed by atoms with Gasteiger partial charge in [-0.2, -0.15) is 0 Å². The van der Waals surface area contributed by atoms with Crippen LogP contribution < -0.4 is 0 Å². The van der Waals surface area contributed by atoms with Crippen molar-refractivity contribution in [1.29, 1.82) is 0 Å². The Morgan fingerprint density at radius 3 is 2.78 bits per heavy atom. The van der Waals surface area contributed by atoms with Crippen LogP contribution >= 0.6 is 12.2 Å². The van der Waals surface area contributed by atoms with Crippen molar-refractivity contribution in [2.24, 2.45) is 5.92 Å². The highest BCUT2D eigenvalue weighted by Crippen LogP contribution is 2.21. The van der Waals surface area contributed by atoms with Crippen LogP contribution in [0.25, 0.3) is 0 Å². The third-order valence-electron chi connectivity index (χ3n) is 1.53. The summed E-state index contributed by atoms with van der Waals surface area (Å²) in [6.07, 6.45) is 1.02. The normalized spacial score (nSPS) is 25.9. The van der Waals surface area contributed by atoms with Gasteiger partial charge in [-0.05, 0) is 25.6 Å². The van der Waals surface area contributed by atoms with E-state index < -0.39 is 0 Å². The van der Waals surface area contributed by atoms with E-state index in [1.807, 2.05) is 6.92 Å². The van der Waals surface area contributed by atoms with Crippen molar-refractivity contribution < 1.29 is 4.74 Å². The zero-order valence-electron chi connectivity index (χ0n) is 5.52. The van der Waals surface area contributed by atoms with Gasteiger partial charge < -0.3 is 4.74 Å². The summed E-state index contributed by atoms with van der Waals surface area (Å²) < 4.78 is 5.10. The molecule has 1 heterocycles. The maximum atomic E-state index is 5.10. The lowest BCUT2D eigenvalue weighted by Gasteiger charge is -2.03. The summed E-state index contributed by atoms with van der Waals surface area (Å²) in [6.45, 7) is 6.59. The first kappa shape index (κ1) is 6.75. The fourth-order valence-electron chi connectivity index (χ4n) is 0.943. The van der Waals surface area contributed by atoms with E-state index in [0.29, 0.717) is 5.92 Å². The van der Waals surface area contributed by atoms with Gasteiger partial charge in [0.15, 0.2) is 5.05 Å². The minimum atomic E-state index is 0.347. The van der Waals surface area contributed by atoms with Crippen LogP contribution in [0.3, 0.4) is 0 Å². The fourth-order valence-corrected chi connectivity index (χ4v) is 1.35. The van der Waals surface area contributed by atoms with Gasteiger partial charge in [0.25, 0.3) is 0 Å². The third-order valence-corrected chi connectivity index (χ3v) is 1.93. The Morgan fingerprint density at radius 2 is 2.56 bits per heavy atom. The van der Waals surface area contributed by atoms with Gasteiger partial charge in [0.2, 0.25) is 0 Å². The molecule has 0 spiro atoms. The van der Waals surface area contributed by atoms with Crippen LogP contribution in [0.15, 0.2) is 12.2 Å². The van der Waals surface area contributed by atoms with Gasteiger partial charge in [-0.25, -0.2) is 0 Å². The van der Waals surface area contributed by atoms with Crippen molar-refractivity contribution in [2.45, 2.75) is 13.3 Å². The number of rotatable bonds is 1. The molecule has 1 unspecified atom stereocenters. The van der Waals surface area contributed by atoms with Gasteiger partial charge in [0.1, 0.15) is 0 Å². The number of hydrogen-bond acceptors (Lipinski definition) is 2. The first-order valence-corrected chi connectivity index (χ1v) is 3.44. The van der Waals surface area contributed by atoms with E-state index in [9.17, 15) is 0 Å². The molecule has 50 valence electrons. The second kappa shape index (κ2) is 2.48. The molecule has 0 radical (unpaired) electrons. The zero-order valence-corrected chi connectivity index (χ0v) is 6.33. The summed E-state index contributed by atoms with van der Waals surface area (Å²) in [5, 5.41) is 0.725. The van der Waals surface area contributed by atoms with Crippen LogP contribution in [-0.2, 0) is 4.74 Å². The molecule has 2 heteroatoms. The summed E-state index contributed by atoms with van der Waals surface area (Å²) in [5.41, 5.74) is 1.12. The molecule has 1 atom stereocenters. The van der Waals surface area contributed by atoms with Gasteiger partial charge in [-0.1, -0.05) is 12.2 Å². The summed E-state index contributed by atoms with van der Waals surface area (Å²) in [7, 11) is 0. The van der Waals surface area contributed by atoms with E-state index >= 15 is 0 Å². The minimum absolute atomic E-state index is 0.347. The van der Waals surface area contributed by atoms with E-state index in [1.165, 1.54) is 0 Å². The molecular formula is C7H10OS. The van der Waals surface area contributed by atoms with Crippen LogP contribution in [0.5, 0.6) is 0 Å². The molecule has 0 aromatic rings. The molecule has 0 saturated carbocycles. The Balaban J connectivity index is 2.60. The highest BCUT2D eigenvalue weighted by molar-refractivity contribution is 7.80. The number of ether oxygens (including phenoxy) is 1. The molecule has 1 aliphatic rings. The monoisotopic (exact) mass is 142 g/mol. The lowest BCUT2D eigenvalue weighted by atomic mass is 10.0. The molecule has 1 nitrogen and oxygen atoms in total. The summed E-state index contributed by atoms with van der Waals surface area (Å²) in [4.78, 5) is 0. The van der Waals surface area contributed by atoms with Crippen LogP contribution in [0, 0.1) is 5.92 Å². The molecule has 1 aliphatic heterocycles. The van der Waals surface area contributed by atoms with Crippen LogP contribution in [0.1, 0.15) is 13.3 Å². The Morgan fingerprint density at radius 1 is 1.89 bits per heavy atom. The standard InChI is InChI=1S/C7H10OS/c1-5(2)6-3-4-8-7(6)9/h6H,1,3-4H2,2H3. The van der Waals surface area contributed by atoms with Crippen molar-refractivity contribution in [3.63, 3.8) is 0 Å². The molecule has 0 N–H and O–H groups in total. The maximum Gasteiger partial charge on any atom is 0.166 e. The highest BCUT2D eigenvalue weighted by Gasteiger charge is 2.22. The van der Waals surface area contributed by atoms with E-state index in [0.717, 1.165) is 23.7 Å². The quantitative estimate of drug-likeness (QED) is 0.408. The van der Waals surface area contributed by atoms with E-state index in [-0.39, 0.29) is 0 Å². The van der Waals surface area contributed by atoms with Crippen LogP contribution in [-0.4, -0.2) is 11.7 Å². The topological polar surface area (TPSA) is 9.23 Å². The molecule has 0 aromatic heterocycles. The van der Waals surface area contributed by atoms with Crippen LogP contribution in [0.4, 0.5) is 0 Å². The lowest BCUT2D eigenvalue weighted by molar-refractivity contribution is 0.351. The van der Waals surface area contributed by atoms with Crippen molar-refractivity contribution in [3.8, 4) is 0 Å². The Bertz CT molecular complexity index is 151. The molecular weight excluding hydrogens is 132 g/mol. The molecule has 0 amide bonds.